The van der Waals surface area contributed by atoms with Crippen LogP contribution in [-0.4, -0.2) is 27.2 Å². The Kier molecular flexibility index (Phi) is 6.39. The molecule has 0 aliphatic heterocycles. The van der Waals surface area contributed by atoms with E-state index in [0.717, 1.165) is 11.1 Å². The third kappa shape index (κ3) is 4.97. The van der Waals surface area contributed by atoms with Gasteiger partial charge < -0.3 is 19.5 Å². The lowest BCUT2D eigenvalue weighted by Crippen LogP contribution is -2.20. The SMILES string of the molecule is COc1cc(OC)c(OC)cc1CNC(=O)/C=C/c1ccc(F)cc1. The predicted octanol–water partition coefficient (Wildman–Crippen LogP) is 3.18. The van der Waals surface area contributed by atoms with Crippen molar-refractivity contribution in [3.05, 3.63) is 59.4 Å². The number of hydrogen-bond acceptors (Lipinski definition) is 4. The zero-order valence-corrected chi connectivity index (χ0v) is 14.3. The number of ether oxygens (including phenoxy) is 3. The third-order valence-corrected chi connectivity index (χ3v) is 3.54. The van der Waals surface area contributed by atoms with Crippen LogP contribution in [0.4, 0.5) is 4.39 Å². The number of halogens is 1. The summed E-state index contributed by atoms with van der Waals surface area (Å²) in [7, 11) is 4.62. The molecule has 6 heteroatoms. The van der Waals surface area contributed by atoms with Gasteiger partial charge in [0.15, 0.2) is 11.5 Å². The number of carbonyl (C=O) groups excluding carboxylic acids is 1. The molecule has 132 valence electrons. The standard InChI is InChI=1S/C19H20FNO4/c1-23-16-11-18(25-3)17(24-2)10-14(16)12-21-19(22)9-6-13-4-7-15(20)8-5-13/h4-11H,12H2,1-3H3,(H,21,22)/b9-6+. The van der Waals surface area contributed by atoms with Crippen LogP contribution in [0.5, 0.6) is 17.2 Å². The minimum atomic E-state index is -0.317. The maximum atomic E-state index is 12.8. The maximum Gasteiger partial charge on any atom is 0.244 e. The molecule has 0 unspecified atom stereocenters. The molecule has 1 N–H and O–H groups in total. The predicted molar refractivity (Wildman–Crippen MR) is 93.4 cm³/mol. The van der Waals surface area contributed by atoms with Gasteiger partial charge in [0, 0.05) is 24.3 Å². The van der Waals surface area contributed by atoms with Crippen LogP contribution in [0.15, 0.2) is 42.5 Å². The van der Waals surface area contributed by atoms with E-state index in [9.17, 15) is 9.18 Å². The van der Waals surface area contributed by atoms with Gasteiger partial charge in [0.25, 0.3) is 0 Å². The quantitative estimate of drug-likeness (QED) is 0.783. The van der Waals surface area contributed by atoms with E-state index < -0.39 is 0 Å². The Morgan fingerprint density at radius 2 is 1.60 bits per heavy atom. The lowest BCUT2D eigenvalue weighted by Gasteiger charge is -2.14. The Balaban J connectivity index is 2.04. The number of nitrogens with one attached hydrogen (secondary N) is 1. The Morgan fingerprint density at radius 3 is 2.20 bits per heavy atom. The normalized spacial score (nSPS) is 10.6. The minimum absolute atomic E-state index is 0.260. The molecule has 0 aliphatic rings. The summed E-state index contributed by atoms with van der Waals surface area (Å²) < 4.78 is 28.7. The van der Waals surface area contributed by atoms with Crippen LogP contribution >= 0.6 is 0 Å². The van der Waals surface area contributed by atoms with Gasteiger partial charge in [0.05, 0.1) is 21.3 Å². The molecule has 0 bridgehead atoms. The lowest BCUT2D eigenvalue weighted by atomic mass is 10.1. The molecule has 0 aromatic heterocycles. The van der Waals surface area contributed by atoms with Gasteiger partial charge >= 0.3 is 0 Å². The highest BCUT2D eigenvalue weighted by molar-refractivity contribution is 5.91. The van der Waals surface area contributed by atoms with Gasteiger partial charge in [-0.1, -0.05) is 12.1 Å². The zero-order chi connectivity index (χ0) is 18.2. The van der Waals surface area contributed by atoms with Crippen molar-refractivity contribution in [3.63, 3.8) is 0 Å². The van der Waals surface area contributed by atoms with Crippen molar-refractivity contribution in [2.24, 2.45) is 0 Å². The Hall–Kier alpha value is -3.02. The molecule has 5 nitrogen and oxygen atoms in total. The van der Waals surface area contributed by atoms with E-state index in [0.29, 0.717) is 17.2 Å². The molecule has 0 fully saturated rings. The Labute approximate surface area is 146 Å². The summed E-state index contributed by atoms with van der Waals surface area (Å²) >= 11 is 0. The van der Waals surface area contributed by atoms with Crippen LogP contribution in [0.25, 0.3) is 6.08 Å². The van der Waals surface area contributed by atoms with Gasteiger partial charge in [-0.15, -0.1) is 0 Å². The fourth-order valence-corrected chi connectivity index (χ4v) is 2.22. The molecule has 2 aromatic rings. The van der Waals surface area contributed by atoms with Gasteiger partial charge in [0.2, 0.25) is 5.91 Å². The number of amides is 1. The first-order valence-electron chi connectivity index (χ1n) is 7.57. The lowest BCUT2D eigenvalue weighted by molar-refractivity contribution is -0.116. The summed E-state index contributed by atoms with van der Waals surface area (Å²) in [6.07, 6.45) is 3.00. The topological polar surface area (TPSA) is 56.8 Å². The van der Waals surface area contributed by atoms with Crippen molar-refractivity contribution < 1.29 is 23.4 Å². The maximum absolute atomic E-state index is 12.8. The third-order valence-electron chi connectivity index (χ3n) is 3.54. The highest BCUT2D eigenvalue weighted by Gasteiger charge is 2.12. The average molecular weight is 345 g/mol. The van der Waals surface area contributed by atoms with Crippen LogP contribution < -0.4 is 19.5 Å². The van der Waals surface area contributed by atoms with Crippen molar-refractivity contribution >= 4 is 12.0 Å². The van der Waals surface area contributed by atoms with Gasteiger partial charge in [-0.05, 0) is 29.8 Å². The molecule has 0 saturated heterocycles. The van der Waals surface area contributed by atoms with E-state index in [2.05, 4.69) is 5.32 Å². The molecule has 1 amide bonds. The summed E-state index contributed by atoms with van der Waals surface area (Å²) in [5, 5.41) is 2.77. The van der Waals surface area contributed by atoms with Crippen LogP contribution in [0.1, 0.15) is 11.1 Å². The van der Waals surface area contributed by atoms with Crippen molar-refractivity contribution in [2.75, 3.05) is 21.3 Å². The van der Waals surface area contributed by atoms with Crippen LogP contribution in [0.3, 0.4) is 0 Å². The summed E-state index contributed by atoms with van der Waals surface area (Å²) in [6, 6.07) is 9.32. The number of hydrogen-bond donors (Lipinski definition) is 1. The molecule has 25 heavy (non-hydrogen) atoms. The summed E-state index contributed by atoms with van der Waals surface area (Å²) in [5.74, 6) is 1.09. The first-order valence-corrected chi connectivity index (χ1v) is 7.57. The molecule has 0 atom stereocenters. The number of carbonyl (C=O) groups is 1. The molecular weight excluding hydrogens is 325 g/mol. The first kappa shape index (κ1) is 18.3. The second kappa shape index (κ2) is 8.73. The zero-order valence-electron chi connectivity index (χ0n) is 14.3. The second-order valence-corrected chi connectivity index (χ2v) is 5.12. The fourth-order valence-electron chi connectivity index (χ4n) is 2.22. The summed E-state index contributed by atoms with van der Waals surface area (Å²) in [5.41, 5.74) is 1.49. The number of methoxy groups -OCH3 is 3. The minimum Gasteiger partial charge on any atom is -0.496 e. The highest BCUT2D eigenvalue weighted by atomic mass is 19.1. The van der Waals surface area contributed by atoms with Gasteiger partial charge in [0.1, 0.15) is 11.6 Å². The van der Waals surface area contributed by atoms with Crippen LogP contribution in [0.2, 0.25) is 0 Å². The van der Waals surface area contributed by atoms with Crippen molar-refractivity contribution in [3.8, 4) is 17.2 Å². The highest BCUT2D eigenvalue weighted by Crippen LogP contribution is 2.34. The van der Waals surface area contributed by atoms with Crippen molar-refractivity contribution in [2.45, 2.75) is 6.54 Å². The van der Waals surface area contributed by atoms with Gasteiger partial charge in [-0.25, -0.2) is 4.39 Å². The number of rotatable bonds is 7. The molecule has 2 rings (SSSR count). The Bertz CT molecular complexity index is 757. The molecular formula is C19H20FNO4. The largest absolute Gasteiger partial charge is 0.496 e. The molecule has 0 radical (unpaired) electrons. The van der Waals surface area contributed by atoms with E-state index in [4.69, 9.17) is 14.2 Å². The summed E-state index contributed by atoms with van der Waals surface area (Å²) in [6.45, 7) is 0.260. The van der Waals surface area contributed by atoms with Crippen LogP contribution in [0, 0.1) is 5.82 Å². The number of benzene rings is 2. The monoisotopic (exact) mass is 345 g/mol. The second-order valence-electron chi connectivity index (χ2n) is 5.12. The van der Waals surface area contributed by atoms with Crippen LogP contribution in [-0.2, 0) is 11.3 Å². The van der Waals surface area contributed by atoms with Gasteiger partial charge in [-0.3, -0.25) is 4.79 Å². The van der Waals surface area contributed by atoms with Gasteiger partial charge in [-0.2, -0.15) is 0 Å². The fraction of sp³-hybridized carbons (Fsp3) is 0.211. The molecule has 0 heterocycles. The van der Waals surface area contributed by atoms with E-state index in [1.165, 1.54) is 25.3 Å². The molecule has 0 spiro atoms. The van der Waals surface area contributed by atoms with Crippen molar-refractivity contribution in [1.29, 1.82) is 0 Å². The average Bonchev–Trinajstić information content (AvgIpc) is 2.65. The Morgan fingerprint density at radius 1 is 1.00 bits per heavy atom. The molecule has 2 aromatic carbocycles. The molecule has 0 aliphatic carbocycles. The van der Waals surface area contributed by atoms with E-state index >= 15 is 0 Å². The molecule has 0 saturated carbocycles. The smallest absolute Gasteiger partial charge is 0.244 e. The first-order chi connectivity index (χ1) is 12.1. The van der Waals surface area contributed by atoms with E-state index in [1.54, 1.807) is 44.6 Å². The van der Waals surface area contributed by atoms with E-state index in [1.807, 2.05) is 0 Å². The van der Waals surface area contributed by atoms with E-state index in [-0.39, 0.29) is 18.3 Å². The summed E-state index contributed by atoms with van der Waals surface area (Å²) in [4.78, 5) is 12.0. The van der Waals surface area contributed by atoms with Crippen molar-refractivity contribution in [1.82, 2.24) is 5.32 Å².